The summed E-state index contributed by atoms with van der Waals surface area (Å²) in [5.74, 6) is -0.00484. The highest BCUT2D eigenvalue weighted by Crippen LogP contribution is 2.13. The molecule has 0 aliphatic heterocycles. The van der Waals surface area contributed by atoms with Gasteiger partial charge in [0.1, 0.15) is 5.75 Å². The van der Waals surface area contributed by atoms with Crippen LogP contribution in [0.15, 0.2) is 24.3 Å². The van der Waals surface area contributed by atoms with Crippen LogP contribution in [0, 0.1) is 0 Å². The van der Waals surface area contributed by atoms with Gasteiger partial charge in [0.25, 0.3) is 0 Å². The number of rotatable bonds is 7. The van der Waals surface area contributed by atoms with Crippen LogP contribution in [0.3, 0.4) is 0 Å². The molecular weight excluding hydrogens is 248 g/mol. The lowest BCUT2D eigenvalue weighted by molar-refractivity contribution is -0.140. The largest absolute Gasteiger partial charge is 0.494 e. The Morgan fingerprint density at radius 2 is 1.84 bits per heavy atom. The molecule has 0 unspecified atom stereocenters. The van der Waals surface area contributed by atoms with E-state index >= 15 is 0 Å². The van der Waals surface area contributed by atoms with E-state index in [1.807, 2.05) is 6.92 Å². The van der Waals surface area contributed by atoms with Crippen LogP contribution in [0.2, 0.25) is 0 Å². The molecule has 0 atom stereocenters. The summed E-state index contributed by atoms with van der Waals surface area (Å²) in [6.45, 7) is 2.67. The molecule has 5 heteroatoms. The molecule has 104 valence electrons. The van der Waals surface area contributed by atoms with Crippen molar-refractivity contribution in [3.8, 4) is 5.75 Å². The fraction of sp³-hybridized carbons (Fsp3) is 0.429. The van der Waals surface area contributed by atoms with Crippen molar-refractivity contribution in [2.45, 2.75) is 19.8 Å². The smallest absolute Gasteiger partial charge is 0.338 e. The van der Waals surface area contributed by atoms with Gasteiger partial charge in [0.2, 0.25) is 0 Å². The van der Waals surface area contributed by atoms with E-state index in [-0.39, 0.29) is 19.0 Å². The van der Waals surface area contributed by atoms with Crippen LogP contribution in [-0.2, 0) is 14.3 Å². The van der Waals surface area contributed by atoms with Gasteiger partial charge in [-0.1, -0.05) is 0 Å². The van der Waals surface area contributed by atoms with E-state index in [0.717, 1.165) is 0 Å². The third kappa shape index (κ3) is 5.42. The molecule has 0 aliphatic carbocycles. The number of hydrogen-bond donors (Lipinski definition) is 0. The second-order valence-corrected chi connectivity index (χ2v) is 3.77. The highest BCUT2D eigenvalue weighted by molar-refractivity contribution is 5.89. The van der Waals surface area contributed by atoms with Crippen molar-refractivity contribution in [2.24, 2.45) is 0 Å². The number of methoxy groups -OCH3 is 1. The van der Waals surface area contributed by atoms with E-state index in [2.05, 4.69) is 4.74 Å². The summed E-state index contributed by atoms with van der Waals surface area (Å²) in [6.07, 6.45) is 0.697. The Labute approximate surface area is 112 Å². The Kier molecular flexibility index (Phi) is 6.43. The molecule has 0 heterocycles. The molecule has 0 radical (unpaired) electrons. The Morgan fingerprint density at radius 3 is 2.42 bits per heavy atom. The Bertz CT molecular complexity index is 410. The lowest BCUT2D eigenvalue weighted by Crippen LogP contribution is -2.08. The van der Waals surface area contributed by atoms with Crippen molar-refractivity contribution in [3.63, 3.8) is 0 Å². The standard InChI is InChI=1S/C14H18O5/c1-3-18-12-8-6-11(7-9-12)14(16)19-10-4-5-13(15)17-2/h6-9H,3-5,10H2,1-2H3. The van der Waals surface area contributed by atoms with E-state index in [1.54, 1.807) is 24.3 Å². The lowest BCUT2D eigenvalue weighted by Gasteiger charge is -2.06. The van der Waals surface area contributed by atoms with Gasteiger partial charge in [-0.3, -0.25) is 4.79 Å². The average Bonchev–Trinajstić information content (AvgIpc) is 2.44. The zero-order chi connectivity index (χ0) is 14.1. The molecule has 1 aromatic carbocycles. The summed E-state index contributed by atoms with van der Waals surface area (Å²) in [6, 6.07) is 6.73. The fourth-order valence-corrected chi connectivity index (χ4v) is 1.42. The van der Waals surface area contributed by atoms with Gasteiger partial charge in [-0.05, 0) is 37.6 Å². The summed E-state index contributed by atoms with van der Waals surface area (Å²) < 4.78 is 14.8. The highest BCUT2D eigenvalue weighted by Gasteiger charge is 2.07. The minimum atomic E-state index is -0.409. The quantitative estimate of drug-likeness (QED) is 0.559. The first-order valence-electron chi connectivity index (χ1n) is 6.14. The molecule has 0 aromatic heterocycles. The monoisotopic (exact) mass is 266 g/mol. The van der Waals surface area contributed by atoms with Crippen molar-refractivity contribution in [3.05, 3.63) is 29.8 Å². The zero-order valence-electron chi connectivity index (χ0n) is 11.2. The number of benzene rings is 1. The maximum atomic E-state index is 11.6. The first-order chi connectivity index (χ1) is 9.17. The van der Waals surface area contributed by atoms with Gasteiger partial charge in [-0.2, -0.15) is 0 Å². The van der Waals surface area contributed by atoms with Gasteiger partial charge in [0.15, 0.2) is 0 Å². The molecule has 0 N–H and O–H groups in total. The van der Waals surface area contributed by atoms with Crippen LogP contribution >= 0.6 is 0 Å². The van der Waals surface area contributed by atoms with Crippen LogP contribution in [0.5, 0.6) is 5.75 Å². The molecule has 5 nitrogen and oxygen atoms in total. The van der Waals surface area contributed by atoms with Gasteiger partial charge in [0.05, 0.1) is 25.9 Å². The second-order valence-electron chi connectivity index (χ2n) is 3.77. The van der Waals surface area contributed by atoms with Gasteiger partial charge < -0.3 is 14.2 Å². The SMILES string of the molecule is CCOc1ccc(C(=O)OCCCC(=O)OC)cc1. The van der Waals surface area contributed by atoms with E-state index in [4.69, 9.17) is 9.47 Å². The molecule has 0 bridgehead atoms. The molecule has 1 aromatic rings. The summed E-state index contributed by atoms with van der Waals surface area (Å²) >= 11 is 0. The average molecular weight is 266 g/mol. The van der Waals surface area contributed by atoms with Crippen molar-refractivity contribution in [1.82, 2.24) is 0 Å². The molecule has 19 heavy (non-hydrogen) atoms. The number of carbonyl (C=O) groups excluding carboxylic acids is 2. The Hall–Kier alpha value is -2.04. The lowest BCUT2D eigenvalue weighted by atomic mass is 10.2. The summed E-state index contributed by atoms with van der Waals surface area (Å²) in [5, 5.41) is 0. The molecular formula is C14H18O5. The maximum Gasteiger partial charge on any atom is 0.338 e. The molecule has 0 fully saturated rings. The number of hydrogen-bond acceptors (Lipinski definition) is 5. The molecule has 0 saturated heterocycles. The Morgan fingerprint density at radius 1 is 1.16 bits per heavy atom. The normalized spacial score (nSPS) is 9.79. The summed E-state index contributed by atoms with van der Waals surface area (Å²) in [7, 11) is 1.33. The van der Waals surface area contributed by atoms with E-state index < -0.39 is 5.97 Å². The van der Waals surface area contributed by atoms with Crippen LogP contribution in [0.1, 0.15) is 30.1 Å². The van der Waals surface area contributed by atoms with Crippen LogP contribution in [-0.4, -0.2) is 32.3 Å². The predicted molar refractivity (Wildman–Crippen MR) is 69.1 cm³/mol. The number of carbonyl (C=O) groups is 2. The third-order valence-corrected chi connectivity index (χ3v) is 2.39. The summed E-state index contributed by atoms with van der Waals surface area (Å²) in [4.78, 5) is 22.5. The van der Waals surface area contributed by atoms with E-state index in [1.165, 1.54) is 7.11 Å². The molecule has 0 saturated carbocycles. The van der Waals surface area contributed by atoms with Crippen molar-refractivity contribution in [1.29, 1.82) is 0 Å². The predicted octanol–water partition coefficient (Wildman–Crippen LogP) is 2.20. The fourth-order valence-electron chi connectivity index (χ4n) is 1.42. The van der Waals surface area contributed by atoms with Crippen LogP contribution in [0.25, 0.3) is 0 Å². The summed E-state index contributed by atoms with van der Waals surface area (Å²) in [5.41, 5.74) is 0.460. The van der Waals surface area contributed by atoms with E-state index in [0.29, 0.717) is 24.3 Å². The molecule has 0 spiro atoms. The van der Waals surface area contributed by atoms with Gasteiger partial charge in [-0.15, -0.1) is 0 Å². The molecule has 0 aliphatic rings. The Balaban J connectivity index is 2.34. The van der Waals surface area contributed by atoms with Gasteiger partial charge in [-0.25, -0.2) is 4.79 Å². The zero-order valence-corrected chi connectivity index (χ0v) is 11.2. The first kappa shape index (κ1) is 15.0. The first-order valence-corrected chi connectivity index (χ1v) is 6.14. The third-order valence-electron chi connectivity index (χ3n) is 2.39. The van der Waals surface area contributed by atoms with Crippen molar-refractivity contribution < 1.29 is 23.8 Å². The number of ether oxygens (including phenoxy) is 3. The minimum absolute atomic E-state index is 0.196. The maximum absolute atomic E-state index is 11.6. The minimum Gasteiger partial charge on any atom is -0.494 e. The van der Waals surface area contributed by atoms with Crippen LogP contribution in [0.4, 0.5) is 0 Å². The topological polar surface area (TPSA) is 61.8 Å². The highest BCUT2D eigenvalue weighted by atomic mass is 16.5. The molecule has 1 rings (SSSR count). The second kappa shape index (κ2) is 8.13. The van der Waals surface area contributed by atoms with Crippen molar-refractivity contribution in [2.75, 3.05) is 20.3 Å². The van der Waals surface area contributed by atoms with Gasteiger partial charge in [0, 0.05) is 6.42 Å². The van der Waals surface area contributed by atoms with Crippen LogP contribution < -0.4 is 4.74 Å². The van der Waals surface area contributed by atoms with E-state index in [9.17, 15) is 9.59 Å². The van der Waals surface area contributed by atoms with Gasteiger partial charge >= 0.3 is 11.9 Å². The molecule has 0 amide bonds. The number of esters is 2. The van der Waals surface area contributed by atoms with Crippen molar-refractivity contribution >= 4 is 11.9 Å².